The van der Waals surface area contributed by atoms with E-state index in [1.54, 1.807) is 0 Å². The van der Waals surface area contributed by atoms with Gasteiger partial charge in [0.1, 0.15) is 0 Å². The third-order valence-corrected chi connectivity index (χ3v) is 4.46. The van der Waals surface area contributed by atoms with Gasteiger partial charge in [0.05, 0.1) is 12.2 Å². The summed E-state index contributed by atoms with van der Waals surface area (Å²) in [6.07, 6.45) is 4.20. The molecule has 2 N–H and O–H groups in total. The predicted molar refractivity (Wildman–Crippen MR) is 44.4 cm³/mol. The smallest absolute Gasteiger partial charge is 0.0574 e. The van der Waals surface area contributed by atoms with Crippen molar-refractivity contribution in [2.75, 3.05) is 0 Å². The lowest BCUT2D eigenvalue weighted by Gasteiger charge is -2.47. The van der Waals surface area contributed by atoms with Gasteiger partial charge in [0, 0.05) is 0 Å². The summed E-state index contributed by atoms with van der Waals surface area (Å²) in [5, 5.41) is 19.3. The molecule has 0 aromatic rings. The van der Waals surface area contributed by atoms with E-state index in [0.717, 1.165) is 25.7 Å². The minimum Gasteiger partial charge on any atom is -0.393 e. The highest BCUT2D eigenvalue weighted by Gasteiger charge is 2.60. The Bertz CT molecular complexity index is 174. The van der Waals surface area contributed by atoms with Gasteiger partial charge in [0.2, 0.25) is 0 Å². The summed E-state index contributed by atoms with van der Waals surface area (Å²) in [6, 6.07) is 0. The highest BCUT2D eigenvalue weighted by atomic mass is 16.3. The van der Waals surface area contributed by atoms with Gasteiger partial charge in [0.15, 0.2) is 0 Å². The average Bonchev–Trinajstić information content (AvgIpc) is 2.41. The lowest BCUT2D eigenvalue weighted by atomic mass is 9.59. The summed E-state index contributed by atoms with van der Waals surface area (Å²) < 4.78 is 0. The van der Waals surface area contributed by atoms with Crippen molar-refractivity contribution in [2.45, 2.75) is 37.9 Å². The molecule has 0 aliphatic heterocycles. The van der Waals surface area contributed by atoms with Gasteiger partial charge < -0.3 is 10.2 Å². The van der Waals surface area contributed by atoms with Crippen molar-refractivity contribution < 1.29 is 10.2 Å². The van der Waals surface area contributed by atoms with Crippen molar-refractivity contribution in [3.63, 3.8) is 0 Å². The maximum atomic E-state index is 9.67. The maximum Gasteiger partial charge on any atom is 0.0574 e. The Kier molecular flexibility index (Phi) is 1.37. The maximum absolute atomic E-state index is 9.67. The van der Waals surface area contributed by atoms with Crippen LogP contribution in [0.2, 0.25) is 0 Å². The SMILES string of the molecule is O[C@@H]1CCC2C1C1CC[C@@H](O)C21. The first kappa shape index (κ1) is 7.34. The molecule has 0 aromatic heterocycles. The minimum atomic E-state index is -0.0402. The highest BCUT2D eigenvalue weighted by molar-refractivity contribution is 5.09. The molecule has 3 fully saturated rings. The Balaban J connectivity index is 1.83. The molecule has 0 amide bonds. The summed E-state index contributed by atoms with van der Waals surface area (Å²) in [6.45, 7) is 0. The first-order valence-electron chi connectivity index (χ1n) is 5.15. The molecule has 0 radical (unpaired) electrons. The van der Waals surface area contributed by atoms with Gasteiger partial charge in [0.25, 0.3) is 0 Å². The molecular weight excluding hydrogens is 152 g/mol. The molecule has 0 bridgehead atoms. The lowest BCUT2D eigenvalue weighted by molar-refractivity contribution is -0.0743. The molecule has 0 heterocycles. The Morgan fingerprint density at radius 2 is 1.08 bits per heavy atom. The Hall–Kier alpha value is -0.0800. The van der Waals surface area contributed by atoms with Gasteiger partial charge in [-0.2, -0.15) is 0 Å². The van der Waals surface area contributed by atoms with Crippen LogP contribution in [-0.2, 0) is 0 Å². The van der Waals surface area contributed by atoms with Crippen LogP contribution in [0, 0.1) is 23.7 Å². The first-order chi connectivity index (χ1) is 5.79. The van der Waals surface area contributed by atoms with Gasteiger partial charge in [-0.3, -0.25) is 0 Å². The van der Waals surface area contributed by atoms with E-state index in [1.165, 1.54) is 0 Å². The number of aliphatic hydroxyl groups is 2. The fourth-order valence-corrected chi connectivity index (χ4v) is 4.03. The van der Waals surface area contributed by atoms with Crippen LogP contribution < -0.4 is 0 Å². The molecule has 0 saturated heterocycles. The van der Waals surface area contributed by atoms with Gasteiger partial charge in [-0.05, 0) is 49.4 Å². The summed E-state index contributed by atoms with van der Waals surface area (Å²) in [5.74, 6) is 2.46. The second-order valence-corrected chi connectivity index (χ2v) is 4.77. The van der Waals surface area contributed by atoms with Crippen molar-refractivity contribution >= 4 is 0 Å². The highest BCUT2D eigenvalue weighted by Crippen LogP contribution is 2.61. The monoisotopic (exact) mass is 168 g/mol. The third-order valence-electron chi connectivity index (χ3n) is 4.46. The summed E-state index contributed by atoms with van der Waals surface area (Å²) in [4.78, 5) is 0. The number of fused-ring (bicyclic) bond motifs is 4. The Labute approximate surface area is 72.6 Å². The number of aliphatic hydroxyl groups excluding tert-OH is 2. The quantitative estimate of drug-likeness (QED) is 0.561. The molecule has 3 aliphatic rings. The van der Waals surface area contributed by atoms with Gasteiger partial charge >= 0.3 is 0 Å². The molecule has 3 rings (SSSR count). The molecule has 2 atom stereocenters. The molecule has 2 nitrogen and oxygen atoms in total. The molecule has 3 aliphatic carbocycles. The van der Waals surface area contributed by atoms with Crippen LogP contribution >= 0.6 is 0 Å². The van der Waals surface area contributed by atoms with Crippen molar-refractivity contribution in [1.29, 1.82) is 0 Å². The van der Waals surface area contributed by atoms with Gasteiger partial charge in [-0.1, -0.05) is 0 Å². The summed E-state index contributed by atoms with van der Waals surface area (Å²) in [5.41, 5.74) is 0. The van der Waals surface area contributed by atoms with E-state index in [1.807, 2.05) is 0 Å². The van der Waals surface area contributed by atoms with E-state index >= 15 is 0 Å². The molecule has 0 spiro atoms. The third kappa shape index (κ3) is 0.686. The second kappa shape index (κ2) is 2.24. The van der Waals surface area contributed by atoms with E-state index in [4.69, 9.17) is 0 Å². The van der Waals surface area contributed by atoms with Crippen LogP contribution in [0.4, 0.5) is 0 Å². The zero-order valence-corrected chi connectivity index (χ0v) is 7.19. The Morgan fingerprint density at radius 1 is 0.667 bits per heavy atom. The number of hydrogen-bond acceptors (Lipinski definition) is 2. The van der Waals surface area contributed by atoms with E-state index in [2.05, 4.69) is 0 Å². The molecule has 68 valence electrons. The second-order valence-electron chi connectivity index (χ2n) is 4.77. The van der Waals surface area contributed by atoms with Crippen LogP contribution in [0.5, 0.6) is 0 Å². The molecular formula is C10H16O2. The normalized spacial score (nSPS) is 62.5. The van der Waals surface area contributed by atoms with E-state index in [9.17, 15) is 10.2 Å². The van der Waals surface area contributed by atoms with E-state index in [-0.39, 0.29) is 12.2 Å². The number of hydrogen-bond donors (Lipinski definition) is 2. The van der Waals surface area contributed by atoms with Gasteiger partial charge in [-0.15, -0.1) is 0 Å². The van der Waals surface area contributed by atoms with Crippen molar-refractivity contribution in [2.24, 2.45) is 23.7 Å². The van der Waals surface area contributed by atoms with E-state index in [0.29, 0.717) is 23.7 Å². The van der Waals surface area contributed by atoms with Crippen molar-refractivity contribution in [3.05, 3.63) is 0 Å². The first-order valence-corrected chi connectivity index (χ1v) is 5.15. The zero-order chi connectivity index (χ0) is 8.29. The Morgan fingerprint density at radius 3 is 1.50 bits per heavy atom. The van der Waals surface area contributed by atoms with Crippen LogP contribution in [0.25, 0.3) is 0 Å². The minimum absolute atomic E-state index is 0.0402. The van der Waals surface area contributed by atoms with Gasteiger partial charge in [-0.25, -0.2) is 0 Å². The number of rotatable bonds is 0. The van der Waals surface area contributed by atoms with Crippen LogP contribution in [0.1, 0.15) is 25.7 Å². The molecule has 0 aromatic carbocycles. The molecule has 12 heavy (non-hydrogen) atoms. The molecule has 2 heteroatoms. The van der Waals surface area contributed by atoms with Crippen molar-refractivity contribution in [1.82, 2.24) is 0 Å². The molecule has 0 unspecified atom stereocenters. The predicted octanol–water partition coefficient (Wildman–Crippen LogP) is 0.774. The topological polar surface area (TPSA) is 40.5 Å². The average molecular weight is 168 g/mol. The zero-order valence-electron chi connectivity index (χ0n) is 7.19. The fraction of sp³-hybridized carbons (Fsp3) is 1.00. The summed E-state index contributed by atoms with van der Waals surface area (Å²) >= 11 is 0. The standard InChI is InChI=1S/C10H16O2/c11-7-3-1-5-9(7)6-2-4-8(12)10(5)6/h5-12H,1-4H2/t5?,6?,7-,8-,9?,10?/m1/s1. The lowest BCUT2D eigenvalue weighted by Crippen LogP contribution is -2.48. The fourth-order valence-electron chi connectivity index (χ4n) is 4.03. The molecule has 3 saturated carbocycles. The van der Waals surface area contributed by atoms with Crippen LogP contribution in [-0.4, -0.2) is 22.4 Å². The van der Waals surface area contributed by atoms with Crippen LogP contribution in [0.3, 0.4) is 0 Å². The van der Waals surface area contributed by atoms with Crippen molar-refractivity contribution in [3.8, 4) is 0 Å². The largest absolute Gasteiger partial charge is 0.393 e. The summed E-state index contributed by atoms with van der Waals surface area (Å²) in [7, 11) is 0. The van der Waals surface area contributed by atoms with Crippen LogP contribution in [0.15, 0.2) is 0 Å². The van der Waals surface area contributed by atoms with E-state index < -0.39 is 0 Å².